The van der Waals surface area contributed by atoms with E-state index in [0.717, 1.165) is 11.0 Å². The van der Waals surface area contributed by atoms with Crippen LogP contribution >= 0.6 is 0 Å². The van der Waals surface area contributed by atoms with Gasteiger partial charge in [0.15, 0.2) is 0 Å². The van der Waals surface area contributed by atoms with Gasteiger partial charge < -0.3 is 14.8 Å². The van der Waals surface area contributed by atoms with E-state index in [1.807, 2.05) is 79.6 Å². The van der Waals surface area contributed by atoms with Crippen LogP contribution in [0.1, 0.15) is 43.9 Å². The fourth-order valence-electron chi connectivity index (χ4n) is 3.68. The van der Waals surface area contributed by atoms with Gasteiger partial charge in [0.1, 0.15) is 12.4 Å². The first-order valence-electron chi connectivity index (χ1n) is 9.97. The zero-order valence-corrected chi connectivity index (χ0v) is 17.4. The fourth-order valence-corrected chi connectivity index (χ4v) is 3.68. The highest BCUT2D eigenvalue weighted by Gasteiger charge is 2.22. The van der Waals surface area contributed by atoms with Crippen molar-refractivity contribution >= 4 is 22.8 Å². The van der Waals surface area contributed by atoms with Crippen LogP contribution in [0.2, 0.25) is 0 Å². The lowest BCUT2D eigenvalue weighted by molar-refractivity contribution is -0.135. The highest BCUT2D eigenvalue weighted by molar-refractivity contribution is 5.94. The van der Waals surface area contributed by atoms with Gasteiger partial charge >= 0.3 is 0 Å². The number of nitrogens with zero attached hydrogens (tertiary/aromatic N) is 3. The Hall–Kier alpha value is -3.15. The average Bonchev–Trinajstić information content (AvgIpc) is 3.03. The van der Waals surface area contributed by atoms with Gasteiger partial charge in [-0.2, -0.15) is 0 Å². The molecule has 3 rings (SSSR count). The average molecular weight is 393 g/mol. The van der Waals surface area contributed by atoms with Crippen molar-refractivity contribution < 1.29 is 9.59 Å². The molecule has 0 bridgehead atoms. The van der Waals surface area contributed by atoms with E-state index in [9.17, 15) is 9.59 Å². The lowest BCUT2D eigenvalue weighted by atomic mass is 10.2. The molecule has 0 fully saturated rings. The summed E-state index contributed by atoms with van der Waals surface area (Å²) in [5, 5.41) is 2.92. The molecule has 0 unspecified atom stereocenters. The molecule has 3 aromatic rings. The van der Waals surface area contributed by atoms with Gasteiger partial charge in [0, 0.05) is 17.6 Å². The smallest absolute Gasteiger partial charge is 0.251 e. The summed E-state index contributed by atoms with van der Waals surface area (Å²) >= 11 is 0. The van der Waals surface area contributed by atoms with Crippen LogP contribution in [0.3, 0.4) is 0 Å². The Labute approximate surface area is 171 Å². The van der Waals surface area contributed by atoms with Crippen LogP contribution in [0.4, 0.5) is 0 Å². The second kappa shape index (κ2) is 8.90. The van der Waals surface area contributed by atoms with Crippen LogP contribution in [0, 0.1) is 0 Å². The molecule has 0 radical (unpaired) electrons. The summed E-state index contributed by atoms with van der Waals surface area (Å²) in [6, 6.07) is 17.0. The van der Waals surface area contributed by atoms with Crippen LogP contribution in [0.25, 0.3) is 11.0 Å². The van der Waals surface area contributed by atoms with Crippen LogP contribution in [-0.4, -0.2) is 38.3 Å². The summed E-state index contributed by atoms with van der Waals surface area (Å²) in [5.41, 5.74) is 2.29. The quantitative estimate of drug-likeness (QED) is 0.668. The molecule has 1 aromatic heterocycles. The third-order valence-electron chi connectivity index (χ3n) is 4.87. The molecule has 2 amide bonds. The third-order valence-corrected chi connectivity index (χ3v) is 4.87. The number of hydrogen-bond acceptors (Lipinski definition) is 3. The molecule has 6 heteroatoms. The first-order valence-corrected chi connectivity index (χ1v) is 9.97. The van der Waals surface area contributed by atoms with E-state index in [-0.39, 0.29) is 37.0 Å². The van der Waals surface area contributed by atoms with Crippen molar-refractivity contribution in [1.29, 1.82) is 0 Å². The lowest BCUT2D eigenvalue weighted by Gasteiger charge is -2.31. The second-order valence-electron chi connectivity index (χ2n) is 7.64. The van der Waals surface area contributed by atoms with Gasteiger partial charge in [-0.3, -0.25) is 9.59 Å². The second-order valence-corrected chi connectivity index (χ2v) is 7.64. The van der Waals surface area contributed by atoms with E-state index in [2.05, 4.69) is 10.3 Å². The van der Waals surface area contributed by atoms with Crippen LogP contribution in [0.5, 0.6) is 0 Å². The molecule has 6 nitrogen and oxygen atoms in total. The van der Waals surface area contributed by atoms with Gasteiger partial charge in [0.25, 0.3) is 5.91 Å². The summed E-state index contributed by atoms with van der Waals surface area (Å²) < 4.78 is 1.90. The van der Waals surface area contributed by atoms with Gasteiger partial charge in [0.05, 0.1) is 17.6 Å². The number of carbonyl (C=O) groups is 2. The van der Waals surface area contributed by atoms with Gasteiger partial charge in [-0.1, -0.05) is 30.3 Å². The molecular weight excluding hydrogens is 364 g/mol. The number of amides is 2. The molecular formula is C23H28N4O2. The molecule has 2 aromatic carbocycles. The molecule has 0 saturated carbocycles. The van der Waals surface area contributed by atoms with Crippen molar-refractivity contribution in [3.63, 3.8) is 0 Å². The Balaban J connectivity index is 1.86. The first-order chi connectivity index (χ1) is 13.9. The number of aromatic nitrogens is 2. The summed E-state index contributed by atoms with van der Waals surface area (Å²) in [7, 11) is 0. The van der Waals surface area contributed by atoms with E-state index in [0.29, 0.717) is 11.4 Å². The largest absolute Gasteiger partial charge is 0.345 e. The summed E-state index contributed by atoms with van der Waals surface area (Å²) in [6.45, 7) is 8.51. The molecule has 0 aliphatic heterocycles. The Morgan fingerprint density at radius 2 is 1.59 bits per heavy atom. The van der Waals surface area contributed by atoms with Crippen LogP contribution in [0.15, 0.2) is 54.6 Å². The number of benzene rings is 2. The maximum atomic E-state index is 13.0. The van der Waals surface area contributed by atoms with E-state index >= 15 is 0 Å². The van der Waals surface area contributed by atoms with Crippen LogP contribution in [-0.2, 0) is 17.9 Å². The SMILES string of the molecule is CC(C)N(C(=O)Cn1c(CNC(=O)c2ccccc2)nc2ccccc21)C(C)C. The summed E-state index contributed by atoms with van der Waals surface area (Å²) in [6.07, 6.45) is 0. The Morgan fingerprint density at radius 1 is 0.966 bits per heavy atom. The van der Waals surface area contributed by atoms with Crippen molar-refractivity contribution in [2.45, 2.75) is 52.9 Å². The molecule has 0 aliphatic rings. The predicted octanol–water partition coefficient (Wildman–Crippen LogP) is 3.61. The number of rotatable bonds is 7. The van der Waals surface area contributed by atoms with Crippen molar-refractivity contribution in [2.75, 3.05) is 0 Å². The Morgan fingerprint density at radius 3 is 2.24 bits per heavy atom. The number of fused-ring (bicyclic) bond motifs is 1. The number of para-hydroxylation sites is 2. The minimum atomic E-state index is -0.165. The zero-order valence-electron chi connectivity index (χ0n) is 17.4. The highest BCUT2D eigenvalue weighted by Crippen LogP contribution is 2.18. The molecule has 1 heterocycles. The standard InChI is InChI=1S/C23H28N4O2/c1-16(2)27(17(3)4)22(28)15-26-20-13-9-8-12-19(20)25-21(26)14-24-23(29)18-10-6-5-7-11-18/h5-13,16-17H,14-15H2,1-4H3,(H,24,29). The molecule has 152 valence electrons. The topological polar surface area (TPSA) is 67.2 Å². The number of carbonyl (C=O) groups excluding carboxylic acids is 2. The number of imidazole rings is 1. The predicted molar refractivity (Wildman–Crippen MR) is 114 cm³/mol. The molecule has 0 aliphatic carbocycles. The zero-order chi connectivity index (χ0) is 21.0. The normalized spacial score (nSPS) is 11.2. The summed E-state index contributed by atoms with van der Waals surface area (Å²) in [5.74, 6) is 0.534. The van der Waals surface area contributed by atoms with E-state index in [1.54, 1.807) is 12.1 Å². The Kier molecular flexibility index (Phi) is 6.32. The Bertz CT molecular complexity index is 985. The number of hydrogen-bond donors (Lipinski definition) is 1. The summed E-state index contributed by atoms with van der Waals surface area (Å²) in [4.78, 5) is 32.0. The molecule has 0 saturated heterocycles. The lowest BCUT2D eigenvalue weighted by Crippen LogP contribution is -2.44. The van der Waals surface area contributed by atoms with E-state index < -0.39 is 0 Å². The van der Waals surface area contributed by atoms with Gasteiger partial charge in [0.2, 0.25) is 5.91 Å². The van der Waals surface area contributed by atoms with Gasteiger partial charge in [-0.25, -0.2) is 4.98 Å². The minimum absolute atomic E-state index is 0.0359. The van der Waals surface area contributed by atoms with E-state index in [1.165, 1.54) is 0 Å². The molecule has 1 N–H and O–H groups in total. The van der Waals surface area contributed by atoms with Gasteiger partial charge in [-0.05, 0) is 52.0 Å². The first kappa shape index (κ1) is 20.6. The monoisotopic (exact) mass is 392 g/mol. The molecule has 0 atom stereocenters. The van der Waals surface area contributed by atoms with Crippen molar-refractivity contribution in [2.24, 2.45) is 0 Å². The third kappa shape index (κ3) is 4.65. The van der Waals surface area contributed by atoms with Crippen molar-refractivity contribution in [3.8, 4) is 0 Å². The van der Waals surface area contributed by atoms with Gasteiger partial charge in [-0.15, -0.1) is 0 Å². The highest BCUT2D eigenvalue weighted by atomic mass is 16.2. The van der Waals surface area contributed by atoms with E-state index in [4.69, 9.17) is 0 Å². The maximum absolute atomic E-state index is 13.0. The molecule has 29 heavy (non-hydrogen) atoms. The fraction of sp³-hybridized carbons (Fsp3) is 0.348. The maximum Gasteiger partial charge on any atom is 0.251 e. The van der Waals surface area contributed by atoms with Crippen LogP contribution < -0.4 is 5.32 Å². The number of nitrogens with one attached hydrogen (secondary N) is 1. The molecule has 0 spiro atoms. The van der Waals surface area contributed by atoms with Crippen molar-refractivity contribution in [3.05, 3.63) is 66.0 Å². The minimum Gasteiger partial charge on any atom is -0.345 e. The van der Waals surface area contributed by atoms with Crippen molar-refractivity contribution in [1.82, 2.24) is 19.8 Å².